The molecule has 3 aromatic rings. The van der Waals surface area contributed by atoms with Crippen LogP contribution in [-0.4, -0.2) is 35.5 Å². The van der Waals surface area contributed by atoms with E-state index in [9.17, 15) is 14.7 Å². The van der Waals surface area contributed by atoms with Crippen LogP contribution in [0.4, 0.5) is 0 Å². The smallest absolute Gasteiger partial charge is 0.338 e. The Morgan fingerprint density at radius 1 is 1.27 bits per heavy atom. The molecule has 2 aromatic carbocycles. The van der Waals surface area contributed by atoms with Crippen molar-refractivity contribution in [2.45, 2.75) is 39.8 Å². The lowest BCUT2D eigenvalue weighted by atomic mass is 9.96. The van der Waals surface area contributed by atoms with Gasteiger partial charge in [0.05, 0.1) is 45.2 Å². The molecule has 37 heavy (non-hydrogen) atoms. The molecule has 0 radical (unpaired) electrons. The zero-order valence-electron chi connectivity index (χ0n) is 21.1. The highest BCUT2D eigenvalue weighted by Gasteiger charge is 2.33. The normalized spacial score (nSPS) is 15.4. The zero-order chi connectivity index (χ0) is 26.9. The fourth-order valence-electron chi connectivity index (χ4n) is 4.09. The number of allylic oxidation sites excluding steroid dienone is 1. The van der Waals surface area contributed by atoms with Gasteiger partial charge in [0.25, 0.3) is 5.56 Å². The number of rotatable bonds is 7. The van der Waals surface area contributed by atoms with Crippen molar-refractivity contribution in [1.82, 2.24) is 4.57 Å². The van der Waals surface area contributed by atoms with E-state index in [0.717, 1.165) is 5.56 Å². The van der Waals surface area contributed by atoms with Gasteiger partial charge < -0.3 is 19.3 Å². The lowest BCUT2D eigenvalue weighted by Gasteiger charge is -2.25. The minimum absolute atomic E-state index is 0.0161. The SMILES string of the molecule is CCOC(=O)C1=C(C)N=c2s/c(=C/c3cc(I)c(O)c(OC)c3)c(=O)n2[C@@H]1c1ccc(OC(C)C)cc1. The number of aromatic nitrogens is 1. The summed E-state index contributed by atoms with van der Waals surface area (Å²) in [6, 6.07) is 10.1. The number of esters is 1. The van der Waals surface area contributed by atoms with Crippen molar-refractivity contribution in [2.75, 3.05) is 13.7 Å². The first kappa shape index (κ1) is 26.9. The molecular weight excluding hydrogens is 607 g/mol. The first-order chi connectivity index (χ1) is 17.6. The number of methoxy groups -OCH3 is 1. The number of ether oxygens (including phenoxy) is 3. The fraction of sp³-hybridized carbons (Fsp3) is 0.296. The summed E-state index contributed by atoms with van der Waals surface area (Å²) < 4.78 is 18.9. The number of thiazole rings is 1. The van der Waals surface area contributed by atoms with Gasteiger partial charge in [-0.3, -0.25) is 9.36 Å². The molecule has 8 nitrogen and oxygen atoms in total. The molecule has 0 aliphatic carbocycles. The highest BCUT2D eigenvalue weighted by atomic mass is 127. The second-order valence-corrected chi connectivity index (χ2v) is 10.8. The van der Waals surface area contributed by atoms with E-state index in [2.05, 4.69) is 4.99 Å². The Labute approximate surface area is 231 Å². The van der Waals surface area contributed by atoms with Crippen molar-refractivity contribution >= 4 is 46.0 Å². The fourth-order valence-corrected chi connectivity index (χ4v) is 5.76. The summed E-state index contributed by atoms with van der Waals surface area (Å²) in [5, 5.41) is 10.2. The number of halogens is 1. The average Bonchev–Trinajstić information content (AvgIpc) is 3.15. The zero-order valence-corrected chi connectivity index (χ0v) is 24.0. The Morgan fingerprint density at radius 2 is 1.97 bits per heavy atom. The highest BCUT2D eigenvalue weighted by molar-refractivity contribution is 14.1. The van der Waals surface area contributed by atoms with Gasteiger partial charge in [0.1, 0.15) is 5.75 Å². The van der Waals surface area contributed by atoms with Gasteiger partial charge in [0, 0.05) is 0 Å². The van der Waals surface area contributed by atoms with Gasteiger partial charge in [-0.2, -0.15) is 0 Å². The maximum atomic E-state index is 13.8. The van der Waals surface area contributed by atoms with Crippen molar-refractivity contribution in [1.29, 1.82) is 0 Å². The van der Waals surface area contributed by atoms with Crippen molar-refractivity contribution in [3.8, 4) is 17.2 Å². The number of carbonyl (C=O) groups is 1. The topological polar surface area (TPSA) is 99.4 Å². The molecule has 0 saturated heterocycles. The summed E-state index contributed by atoms with van der Waals surface area (Å²) in [6.07, 6.45) is 1.75. The first-order valence-electron chi connectivity index (χ1n) is 11.7. The van der Waals surface area contributed by atoms with E-state index in [-0.39, 0.29) is 24.0 Å². The number of benzene rings is 2. The second-order valence-electron chi connectivity index (χ2n) is 8.59. The largest absolute Gasteiger partial charge is 0.504 e. The van der Waals surface area contributed by atoms with Crippen LogP contribution in [0.2, 0.25) is 0 Å². The van der Waals surface area contributed by atoms with E-state index in [4.69, 9.17) is 14.2 Å². The maximum Gasteiger partial charge on any atom is 0.338 e. The molecule has 0 bridgehead atoms. The number of carbonyl (C=O) groups excluding carboxylic acids is 1. The molecule has 0 fully saturated rings. The van der Waals surface area contributed by atoms with Crippen LogP contribution in [0, 0.1) is 3.57 Å². The number of fused-ring (bicyclic) bond motifs is 1. The number of phenols is 1. The van der Waals surface area contributed by atoms with E-state index in [1.165, 1.54) is 23.0 Å². The van der Waals surface area contributed by atoms with E-state index in [0.29, 0.717) is 41.2 Å². The quantitative estimate of drug-likeness (QED) is 0.313. The molecule has 194 valence electrons. The predicted octanol–water partition coefficient (Wildman–Crippen LogP) is 3.90. The van der Waals surface area contributed by atoms with E-state index in [1.807, 2.05) is 60.7 Å². The molecule has 10 heteroatoms. The number of hydrogen-bond acceptors (Lipinski definition) is 8. The Morgan fingerprint density at radius 3 is 2.59 bits per heavy atom. The van der Waals surface area contributed by atoms with Crippen LogP contribution >= 0.6 is 33.9 Å². The molecule has 1 N–H and O–H groups in total. The van der Waals surface area contributed by atoms with Crippen molar-refractivity contribution in [2.24, 2.45) is 4.99 Å². The van der Waals surface area contributed by atoms with Gasteiger partial charge in [0.15, 0.2) is 16.3 Å². The Bertz CT molecular complexity index is 1550. The molecule has 1 atom stereocenters. The molecule has 1 aliphatic heterocycles. The van der Waals surface area contributed by atoms with Crippen molar-refractivity contribution in [3.63, 3.8) is 0 Å². The summed E-state index contributed by atoms with van der Waals surface area (Å²) in [7, 11) is 1.47. The monoisotopic (exact) mass is 634 g/mol. The summed E-state index contributed by atoms with van der Waals surface area (Å²) >= 11 is 3.24. The first-order valence-corrected chi connectivity index (χ1v) is 13.6. The minimum Gasteiger partial charge on any atom is -0.504 e. The standard InChI is InChI=1S/C27H27IN2O6S/c1-6-35-26(33)22-15(4)29-27-30(23(22)17-7-9-18(10-8-17)36-14(2)3)25(32)21(37-27)13-16-11-19(28)24(31)20(12-16)34-5/h7-14,23,31H,6H2,1-5H3/b21-13+/t23-/m1/s1. The van der Waals surface area contributed by atoms with Crippen LogP contribution in [-0.2, 0) is 9.53 Å². The van der Waals surface area contributed by atoms with Gasteiger partial charge in [-0.15, -0.1) is 0 Å². The van der Waals surface area contributed by atoms with Gasteiger partial charge >= 0.3 is 5.97 Å². The van der Waals surface area contributed by atoms with Crippen molar-refractivity contribution < 1.29 is 24.1 Å². The molecule has 1 aliphatic rings. The molecule has 4 rings (SSSR count). The van der Waals surface area contributed by atoms with Gasteiger partial charge in [-0.25, -0.2) is 9.79 Å². The number of aromatic hydroxyl groups is 1. The minimum atomic E-state index is -0.708. The summed E-state index contributed by atoms with van der Waals surface area (Å²) in [5.74, 6) is 0.540. The molecule has 0 saturated carbocycles. The maximum absolute atomic E-state index is 13.8. The Hall–Kier alpha value is -3.12. The summed E-state index contributed by atoms with van der Waals surface area (Å²) in [5.41, 5.74) is 1.96. The third-order valence-electron chi connectivity index (χ3n) is 5.65. The predicted molar refractivity (Wildman–Crippen MR) is 150 cm³/mol. The van der Waals surface area contributed by atoms with Gasteiger partial charge in [0.2, 0.25) is 0 Å². The van der Waals surface area contributed by atoms with E-state index in [1.54, 1.807) is 32.1 Å². The number of phenolic OH excluding ortho intramolecular Hbond substituents is 1. The lowest BCUT2D eigenvalue weighted by molar-refractivity contribution is -0.139. The third kappa shape index (κ3) is 5.45. The van der Waals surface area contributed by atoms with Crippen LogP contribution < -0.4 is 24.4 Å². The van der Waals surface area contributed by atoms with Crippen LogP contribution in [0.3, 0.4) is 0 Å². The molecule has 2 heterocycles. The lowest BCUT2D eigenvalue weighted by Crippen LogP contribution is -2.39. The number of nitrogens with zero attached hydrogens (tertiary/aromatic N) is 2. The Balaban J connectivity index is 1.91. The highest BCUT2D eigenvalue weighted by Crippen LogP contribution is 2.33. The van der Waals surface area contributed by atoms with Crippen LogP contribution in [0.25, 0.3) is 6.08 Å². The molecule has 0 spiro atoms. The van der Waals surface area contributed by atoms with E-state index < -0.39 is 12.0 Å². The van der Waals surface area contributed by atoms with Gasteiger partial charge in [-0.05, 0) is 91.8 Å². The average molecular weight is 634 g/mol. The van der Waals surface area contributed by atoms with Crippen LogP contribution in [0.1, 0.15) is 44.9 Å². The van der Waals surface area contributed by atoms with Crippen LogP contribution in [0.5, 0.6) is 17.2 Å². The number of hydrogen-bond donors (Lipinski definition) is 1. The molecule has 1 aromatic heterocycles. The molecular formula is C27H27IN2O6S. The van der Waals surface area contributed by atoms with Crippen LogP contribution in [0.15, 0.2) is 57.5 Å². The summed E-state index contributed by atoms with van der Waals surface area (Å²) in [6.45, 7) is 7.58. The third-order valence-corrected chi connectivity index (χ3v) is 7.46. The summed E-state index contributed by atoms with van der Waals surface area (Å²) in [4.78, 5) is 31.9. The Kier molecular flexibility index (Phi) is 8.08. The van der Waals surface area contributed by atoms with Crippen molar-refractivity contribution in [3.05, 3.63) is 82.1 Å². The second kappa shape index (κ2) is 11.1. The van der Waals surface area contributed by atoms with E-state index >= 15 is 0 Å². The van der Waals surface area contributed by atoms with Gasteiger partial charge in [-0.1, -0.05) is 23.5 Å². The molecule has 0 amide bonds. The molecule has 0 unspecified atom stereocenters.